The average Bonchev–Trinajstić information content (AvgIpc) is 2.59. The first kappa shape index (κ1) is 25.8. The van der Waals surface area contributed by atoms with Crippen LogP contribution in [0.1, 0.15) is 48.0 Å². The number of carboxylic acid groups (broad SMARTS) is 1. The van der Waals surface area contributed by atoms with Gasteiger partial charge in [-0.1, -0.05) is 34.1 Å². The van der Waals surface area contributed by atoms with E-state index in [4.69, 9.17) is 5.73 Å². The van der Waals surface area contributed by atoms with Crippen molar-refractivity contribution in [3.05, 3.63) is 0 Å². The molecule has 0 aliphatic rings. The van der Waals surface area contributed by atoms with Gasteiger partial charge in [0.25, 0.3) is 0 Å². The van der Waals surface area contributed by atoms with E-state index in [2.05, 4.69) is 16.0 Å². The quantitative estimate of drug-likeness (QED) is 0.256. The van der Waals surface area contributed by atoms with Crippen molar-refractivity contribution in [3.63, 3.8) is 0 Å². The number of nitrogens with one attached hydrogen (secondary N) is 3. The zero-order chi connectivity index (χ0) is 22.2. The SMILES string of the molecule is CCC(C)C(NC(=O)C(NC(=O)C(NC(=O)C(C)N)C(C)O)C(C)C)C(=O)O. The molecular weight excluding hydrogens is 368 g/mol. The molecule has 0 aromatic carbocycles. The zero-order valence-electron chi connectivity index (χ0n) is 17.4. The van der Waals surface area contributed by atoms with E-state index in [0.29, 0.717) is 6.42 Å². The second kappa shape index (κ2) is 11.6. The van der Waals surface area contributed by atoms with E-state index in [9.17, 15) is 29.4 Å². The predicted molar refractivity (Wildman–Crippen MR) is 103 cm³/mol. The van der Waals surface area contributed by atoms with E-state index in [1.165, 1.54) is 13.8 Å². The molecular formula is C18H34N4O6. The third-order valence-corrected chi connectivity index (χ3v) is 4.50. The highest BCUT2D eigenvalue weighted by atomic mass is 16.4. The van der Waals surface area contributed by atoms with Crippen molar-refractivity contribution in [2.45, 2.75) is 78.2 Å². The largest absolute Gasteiger partial charge is 0.480 e. The molecule has 0 aromatic heterocycles. The van der Waals surface area contributed by atoms with E-state index >= 15 is 0 Å². The molecule has 3 amide bonds. The van der Waals surface area contributed by atoms with Crippen LogP contribution in [0.15, 0.2) is 0 Å². The van der Waals surface area contributed by atoms with Crippen LogP contribution in [0.25, 0.3) is 0 Å². The molecule has 10 nitrogen and oxygen atoms in total. The summed E-state index contributed by atoms with van der Waals surface area (Å²) in [6.07, 6.45) is -0.686. The van der Waals surface area contributed by atoms with E-state index in [1.54, 1.807) is 20.8 Å². The first-order chi connectivity index (χ1) is 12.8. The lowest BCUT2D eigenvalue weighted by atomic mass is 9.97. The maximum Gasteiger partial charge on any atom is 0.326 e. The van der Waals surface area contributed by atoms with Gasteiger partial charge < -0.3 is 31.9 Å². The summed E-state index contributed by atoms with van der Waals surface area (Å²) < 4.78 is 0. The first-order valence-electron chi connectivity index (χ1n) is 9.40. The Morgan fingerprint density at radius 1 is 0.821 bits per heavy atom. The topological polar surface area (TPSA) is 171 Å². The van der Waals surface area contributed by atoms with Crippen LogP contribution in [0.4, 0.5) is 0 Å². The molecule has 0 rings (SSSR count). The Bertz CT molecular complexity index is 564. The lowest BCUT2D eigenvalue weighted by Gasteiger charge is -2.28. The van der Waals surface area contributed by atoms with Gasteiger partial charge in [-0.05, 0) is 25.7 Å². The van der Waals surface area contributed by atoms with E-state index in [0.717, 1.165) is 0 Å². The maximum absolute atomic E-state index is 12.6. The van der Waals surface area contributed by atoms with Crippen molar-refractivity contribution in [2.24, 2.45) is 17.6 Å². The molecule has 0 saturated heterocycles. The van der Waals surface area contributed by atoms with Crippen molar-refractivity contribution in [1.29, 1.82) is 0 Å². The minimum atomic E-state index is -1.31. The van der Waals surface area contributed by atoms with Gasteiger partial charge in [-0.15, -0.1) is 0 Å². The predicted octanol–water partition coefficient (Wildman–Crippen LogP) is -1.04. The fraction of sp³-hybridized carbons (Fsp3) is 0.778. The fourth-order valence-corrected chi connectivity index (χ4v) is 2.39. The van der Waals surface area contributed by atoms with Crippen molar-refractivity contribution < 1.29 is 29.4 Å². The summed E-state index contributed by atoms with van der Waals surface area (Å²) in [5.41, 5.74) is 5.46. The summed E-state index contributed by atoms with van der Waals surface area (Å²) in [6, 6.07) is -4.34. The van der Waals surface area contributed by atoms with Crippen molar-refractivity contribution >= 4 is 23.7 Å². The summed E-state index contributed by atoms with van der Waals surface area (Å²) in [5.74, 6) is -3.89. The molecule has 162 valence electrons. The molecule has 6 atom stereocenters. The number of amides is 3. The number of hydrogen-bond acceptors (Lipinski definition) is 6. The molecule has 0 spiro atoms. The molecule has 0 heterocycles. The van der Waals surface area contributed by atoms with E-state index < -0.39 is 54.0 Å². The van der Waals surface area contributed by atoms with Crippen LogP contribution in [0, 0.1) is 11.8 Å². The van der Waals surface area contributed by atoms with Gasteiger partial charge in [-0.2, -0.15) is 0 Å². The molecule has 0 saturated carbocycles. The maximum atomic E-state index is 12.6. The van der Waals surface area contributed by atoms with Crippen molar-refractivity contribution in [3.8, 4) is 0 Å². The van der Waals surface area contributed by atoms with Crippen molar-refractivity contribution in [2.75, 3.05) is 0 Å². The number of nitrogens with two attached hydrogens (primary N) is 1. The van der Waals surface area contributed by atoms with Crippen LogP contribution in [0.3, 0.4) is 0 Å². The van der Waals surface area contributed by atoms with Gasteiger partial charge in [0.05, 0.1) is 12.1 Å². The molecule has 10 heteroatoms. The van der Waals surface area contributed by atoms with Crippen molar-refractivity contribution in [1.82, 2.24) is 16.0 Å². The van der Waals surface area contributed by atoms with Gasteiger partial charge in [0.15, 0.2) is 0 Å². The molecule has 0 aromatic rings. The molecule has 0 bridgehead atoms. The molecule has 28 heavy (non-hydrogen) atoms. The van der Waals surface area contributed by atoms with Gasteiger partial charge in [0.2, 0.25) is 17.7 Å². The summed E-state index contributed by atoms with van der Waals surface area (Å²) >= 11 is 0. The Morgan fingerprint density at radius 3 is 1.61 bits per heavy atom. The van der Waals surface area contributed by atoms with Gasteiger partial charge in [-0.3, -0.25) is 14.4 Å². The molecule has 0 aliphatic heterocycles. The highest BCUT2D eigenvalue weighted by Gasteiger charge is 2.34. The molecule has 0 fully saturated rings. The Hall–Kier alpha value is -2.20. The minimum absolute atomic E-state index is 0.305. The summed E-state index contributed by atoms with van der Waals surface area (Å²) in [6.45, 7) is 9.62. The van der Waals surface area contributed by atoms with Gasteiger partial charge in [-0.25, -0.2) is 4.79 Å². The van der Waals surface area contributed by atoms with Crippen LogP contribution >= 0.6 is 0 Å². The standard InChI is InChI=1S/C18H34N4O6/c1-7-9(4)13(18(27)28)21-16(25)12(8(2)3)20-17(26)14(11(6)23)22-15(24)10(5)19/h8-14,23H,7,19H2,1-6H3,(H,20,26)(H,21,25)(H,22,24)(H,27,28). The Morgan fingerprint density at radius 2 is 1.25 bits per heavy atom. The van der Waals surface area contributed by atoms with Gasteiger partial charge >= 0.3 is 5.97 Å². The lowest BCUT2D eigenvalue weighted by molar-refractivity contribution is -0.144. The molecule has 0 radical (unpaired) electrons. The Labute approximate surface area is 165 Å². The molecule has 7 N–H and O–H groups in total. The number of rotatable bonds is 11. The highest BCUT2D eigenvalue weighted by Crippen LogP contribution is 2.10. The average molecular weight is 402 g/mol. The fourth-order valence-electron chi connectivity index (χ4n) is 2.39. The number of hydrogen-bond donors (Lipinski definition) is 6. The highest BCUT2D eigenvalue weighted by molar-refractivity contribution is 5.94. The normalized spacial score (nSPS) is 17.6. The van der Waals surface area contributed by atoms with E-state index in [-0.39, 0.29) is 11.8 Å². The monoisotopic (exact) mass is 402 g/mol. The molecule has 0 aliphatic carbocycles. The number of aliphatic hydroxyl groups excluding tert-OH is 1. The van der Waals surface area contributed by atoms with Crippen LogP contribution in [0.5, 0.6) is 0 Å². The zero-order valence-corrected chi connectivity index (χ0v) is 17.4. The Kier molecular flexibility index (Phi) is 10.7. The Balaban J connectivity index is 5.35. The number of aliphatic hydroxyl groups is 1. The van der Waals surface area contributed by atoms with E-state index in [1.807, 2.05) is 6.92 Å². The minimum Gasteiger partial charge on any atom is -0.480 e. The number of carbonyl (C=O) groups excluding carboxylic acids is 3. The van der Waals surface area contributed by atoms with Crippen LogP contribution in [-0.2, 0) is 19.2 Å². The third kappa shape index (κ3) is 7.81. The summed E-state index contributed by atoms with van der Waals surface area (Å²) in [5, 5.41) is 26.5. The number of aliphatic carboxylic acids is 1. The second-order valence-electron chi connectivity index (χ2n) is 7.46. The van der Waals surface area contributed by atoms with Gasteiger partial charge in [0.1, 0.15) is 18.1 Å². The smallest absolute Gasteiger partial charge is 0.326 e. The summed E-state index contributed by atoms with van der Waals surface area (Å²) in [4.78, 5) is 48.4. The van der Waals surface area contributed by atoms with Crippen LogP contribution < -0.4 is 21.7 Å². The number of carboxylic acids is 1. The summed E-state index contributed by atoms with van der Waals surface area (Å²) in [7, 11) is 0. The first-order valence-corrected chi connectivity index (χ1v) is 9.40. The van der Waals surface area contributed by atoms with Crippen LogP contribution in [0.2, 0.25) is 0 Å². The van der Waals surface area contributed by atoms with Gasteiger partial charge in [0, 0.05) is 0 Å². The van der Waals surface area contributed by atoms with Crippen LogP contribution in [-0.4, -0.2) is 64.2 Å². The lowest BCUT2D eigenvalue weighted by Crippen LogP contribution is -2.61. The number of carbonyl (C=O) groups is 4. The third-order valence-electron chi connectivity index (χ3n) is 4.50. The molecule has 6 unspecified atom stereocenters. The second-order valence-corrected chi connectivity index (χ2v) is 7.46.